The van der Waals surface area contributed by atoms with Crippen LogP contribution in [0.4, 0.5) is 0 Å². The van der Waals surface area contributed by atoms with Crippen molar-refractivity contribution >= 4 is 0 Å². The predicted octanol–water partition coefficient (Wildman–Crippen LogP) is 6.50. The minimum atomic E-state index is -0.739. The number of rotatable bonds is 4. The van der Waals surface area contributed by atoms with Crippen molar-refractivity contribution in [2.24, 2.45) is 45.3 Å². The molecule has 3 nitrogen and oxygen atoms in total. The average molecular weight is 461 g/mol. The van der Waals surface area contributed by atoms with Crippen LogP contribution >= 0.6 is 0 Å². The molecule has 0 aromatic rings. The second-order valence-electron chi connectivity index (χ2n) is 14.5. The molecule has 4 rings (SSSR count). The fourth-order valence-electron chi connectivity index (χ4n) is 10.3. The fraction of sp³-hybridized carbons (Fsp3) is 0.933. The van der Waals surface area contributed by atoms with E-state index >= 15 is 0 Å². The Labute approximate surface area is 203 Å². The third-order valence-electron chi connectivity index (χ3n) is 12.4. The van der Waals surface area contributed by atoms with Gasteiger partial charge in [-0.2, -0.15) is 0 Å². The van der Waals surface area contributed by atoms with E-state index in [1.165, 1.54) is 18.4 Å². The summed E-state index contributed by atoms with van der Waals surface area (Å²) in [4.78, 5) is 0. The molecule has 4 saturated carbocycles. The highest BCUT2D eigenvalue weighted by Gasteiger charge is 2.71. The van der Waals surface area contributed by atoms with Gasteiger partial charge in [-0.25, -0.2) is 0 Å². The monoisotopic (exact) mass is 460 g/mol. The molecule has 0 aromatic carbocycles. The molecule has 0 aliphatic heterocycles. The van der Waals surface area contributed by atoms with Crippen molar-refractivity contribution in [1.82, 2.24) is 0 Å². The smallest absolute Gasteiger partial charge is 0.0654 e. The average Bonchev–Trinajstić information content (AvgIpc) is 3.08. The molecule has 10 atom stereocenters. The first-order valence-electron chi connectivity index (χ1n) is 13.8. The second-order valence-corrected chi connectivity index (χ2v) is 14.5. The third-order valence-corrected chi connectivity index (χ3v) is 12.4. The largest absolute Gasteiger partial charge is 0.393 e. The number of fused-ring (bicyclic) bond motifs is 5. The van der Waals surface area contributed by atoms with Crippen LogP contribution in [0.2, 0.25) is 0 Å². The van der Waals surface area contributed by atoms with Crippen LogP contribution < -0.4 is 0 Å². The standard InChI is InChI=1S/C30H52O3/c1-19(2)10-9-14-30(8,33)20-11-16-29(7)25(20)21(31)18-23-27(5)15-13-24(32)26(3,4)22(27)12-17-28(23,29)6/h10,20-25,31-33H,9,11-18H2,1-8H3/t20-,21+,22-,23+,24-,25-,27-,28+,29+,30?/m0/s1. The molecule has 190 valence electrons. The van der Waals surface area contributed by atoms with E-state index in [-0.39, 0.29) is 45.7 Å². The van der Waals surface area contributed by atoms with Gasteiger partial charge in [-0.3, -0.25) is 0 Å². The van der Waals surface area contributed by atoms with Gasteiger partial charge in [0.2, 0.25) is 0 Å². The van der Waals surface area contributed by atoms with E-state index in [0.717, 1.165) is 44.9 Å². The summed E-state index contributed by atoms with van der Waals surface area (Å²) in [5.41, 5.74) is 0.885. The molecule has 33 heavy (non-hydrogen) atoms. The lowest BCUT2D eigenvalue weighted by Crippen LogP contribution is -2.66. The normalized spacial score (nSPS) is 50.5. The van der Waals surface area contributed by atoms with Crippen molar-refractivity contribution in [3.63, 3.8) is 0 Å². The van der Waals surface area contributed by atoms with E-state index in [2.05, 4.69) is 54.5 Å². The molecule has 0 aromatic heterocycles. The van der Waals surface area contributed by atoms with Crippen LogP contribution in [0, 0.1) is 45.3 Å². The maximum atomic E-state index is 11.8. The van der Waals surface area contributed by atoms with Crippen molar-refractivity contribution in [3.8, 4) is 0 Å². The van der Waals surface area contributed by atoms with Crippen LogP contribution in [-0.2, 0) is 0 Å². The van der Waals surface area contributed by atoms with Crippen LogP contribution in [-0.4, -0.2) is 33.1 Å². The van der Waals surface area contributed by atoms with Gasteiger partial charge >= 0.3 is 0 Å². The quantitative estimate of drug-likeness (QED) is 0.420. The van der Waals surface area contributed by atoms with Crippen molar-refractivity contribution in [1.29, 1.82) is 0 Å². The molecular formula is C30H52O3. The third kappa shape index (κ3) is 3.61. The zero-order valence-corrected chi connectivity index (χ0v) is 22.7. The maximum Gasteiger partial charge on any atom is 0.0654 e. The van der Waals surface area contributed by atoms with E-state index in [1.54, 1.807) is 0 Å². The van der Waals surface area contributed by atoms with Crippen molar-refractivity contribution in [2.45, 2.75) is 131 Å². The van der Waals surface area contributed by atoms with E-state index < -0.39 is 5.60 Å². The van der Waals surface area contributed by atoms with Gasteiger partial charge in [0.25, 0.3) is 0 Å². The molecule has 0 amide bonds. The van der Waals surface area contributed by atoms with Crippen molar-refractivity contribution < 1.29 is 15.3 Å². The first-order chi connectivity index (χ1) is 15.1. The summed E-state index contributed by atoms with van der Waals surface area (Å²) in [6.07, 6.45) is 10.6. The lowest BCUT2D eigenvalue weighted by molar-refractivity contribution is -0.246. The summed E-state index contributed by atoms with van der Waals surface area (Å²) in [6.45, 7) is 18.3. The Hall–Kier alpha value is -0.380. The molecule has 0 spiro atoms. The van der Waals surface area contributed by atoms with E-state index in [4.69, 9.17) is 0 Å². The molecule has 0 heterocycles. The molecule has 3 N–H and O–H groups in total. The Bertz CT molecular complexity index is 779. The molecule has 4 fully saturated rings. The van der Waals surface area contributed by atoms with E-state index in [9.17, 15) is 15.3 Å². The molecule has 0 radical (unpaired) electrons. The zero-order valence-electron chi connectivity index (χ0n) is 22.7. The van der Waals surface area contributed by atoms with Gasteiger partial charge in [-0.15, -0.1) is 0 Å². The fourth-order valence-corrected chi connectivity index (χ4v) is 10.3. The maximum absolute atomic E-state index is 11.8. The first-order valence-corrected chi connectivity index (χ1v) is 13.8. The highest BCUT2D eigenvalue weighted by molar-refractivity contribution is 5.20. The van der Waals surface area contributed by atoms with E-state index in [0.29, 0.717) is 11.8 Å². The Morgan fingerprint density at radius 1 is 0.909 bits per heavy atom. The molecule has 4 aliphatic carbocycles. The lowest BCUT2D eigenvalue weighted by Gasteiger charge is -2.70. The summed E-state index contributed by atoms with van der Waals surface area (Å²) in [6, 6.07) is 0. The first kappa shape index (κ1) is 25.7. The Morgan fingerprint density at radius 3 is 2.18 bits per heavy atom. The molecule has 3 heteroatoms. The summed E-state index contributed by atoms with van der Waals surface area (Å²) >= 11 is 0. The van der Waals surface area contributed by atoms with Gasteiger partial charge in [-0.1, -0.05) is 46.3 Å². The molecular weight excluding hydrogens is 408 g/mol. The molecule has 4 aliphatic rings. The number of allylic oxidation sites excluding steroid dienone is 2. The summed E-state index contributed by atoms with van der Waals surface area (Å²) < 4.78 is 0. The molecule has 0 saturated heterocycles. The topological polar surface area (TPSA) is 60.7 Å². The predicted molar refractivity (Wildman–Crippen MR) is 136 cm³/mol. The van der Waals surface area contributed by atoms with Crippen molar-refractivity contribution in [2.75, 3.05) is 0 Å². The van der Waals surface area contributed by atoms with Gasteiger partial charge in [0.1, 0.15) is 0 Å². The van der Waals surface area contributed by atoms with Crippen LogP contribution in [0.1, 0.15) is 113 Å². The van der Waals surface area contributed by atoms with Gasteiger partial charge in [0.15, 0.2) is 0 Å². The van der Waals surface area contributed by atoms with Crippen molar-refractivity contribution in [3.05, 3.63) is 11.6 Å². The Kier molecular flexibility index (Phi) is 6.28. The highest BCUT2D eigenvalue weighted by Crippen LogP contribution is 2.75. The van der Waals surface area contributed by atoms with Gasteiger partial charge in [0.05, 0.1) is 17.8 Å². The minimum absolute atomic E-state index is 0.0503. The summed E-state index contributed by atoms with van der Waals surface area (Å²) in [5.74, 6) is 1.31. The lowest BCUT2D eigenvalue weighted by atomic mass is 9.35. The van der Waals surface area contributed by atoms with Gasteiger partial charge in [0, 0.05) is 0 Å². The van der Waals surface area contributed by atoms with Crippen LogP contribution in [0.25, 0.3) is 0 Å². The summed E-state index contributed by atoms with van der Waals surface area (Å²) in [5, 5.41) is 34.3. The number of aliphatic hydroxyl groups is 3. The number of hydrogen-bond donors (Lipinski definition) is 3. The molecule has 1 unspecified atom stereocenters. The zero-order chi connectivity index (χ0) is 24.6. The number of aliphatic hydroxyl groups excluding tert-OH is 2. The highest BCUT2D eigenvalue weighted by atomic mass is 16.3. The Morgan fingerprint density at radius 2 is 1.55 bits per heavy atom. The van der Waals surface area contributed by atoms with Crippen LogP contribution in [0.5, 0.6) is 0 Å². The second kappa shape index (κ2) is 8.07. The minimum Gasteiger partial charge on any atom is -0.393 e. The van der Waals surface area contributed by atoms with Crippen LogP contribution in [0.15, 0.2) is 11.6 Å². The van der Waals surface area contributed by atoms with E-state index in [1.807, 2.05) is 6.92 Å². The number of hydrogen-bond acceptors (Lipinski definition) is 3. The SMILES string of the molecule is CC(C)=CCCC(C)(O)[C@H]1CC[C@]2(C)[C@@H]1[C@H](O)C[C@@H]1[C@@]3(C)CC[C@H](O)C(C)(C)[C@@H]3CC[C@]12C. The Balaban J connectivity index is 1.66. The van der Waals surface area contributed by atoms with Crippen LogP contribution in [0.3, 0.4) is 0 Å². The summed E-state index contributed by atoms with van der Waals surface area (Å²) in [7, 11) is 0. The van der Waals surface area contributed by atoms with Gasteiger partial charge < -0.3 is 15.3 Å². The van der Waals surface area contributed by atoms with Gasteiger partial charge in [-0.05, 0) is 124 Å². The molecule has 0 bridgehead atoms.